The first-order chi connectivity index (χ1) is 14.8. The number of carbonyl (C=O) groups excluding carboxylic acids is 2. The van der Waals surface area contributed by atoms with Gasteiger partial charge in [-0.15, -0.1) is 0 Å². The van der Waals surface area contributed by atoms with Gasteiger partial charge >= 0.3 is 18.1 Å². The Labute approximate surface area is 171 Å². The summed E-state index contributed by atoms with van der Waals surface area (Å²) in [5.41, 5.74) is 1.96. The molecule has 0 saturated heterocycles. The van der Waals surface area contributed by atoms with Crippen LogP contribution in [0.4, 0.5) is 13.2 Å². The summed E-state index contributed by atoms with van der Waals surface area (Å²) in [5, 5.41) is 9.84. The van der Waals surface area contributed by atoms with Crippen molar-refractivity contribution in [3.8, 4) is 22.8 Å². The largest absolute Gasteiger partial charge is 0.491 e. The molecular weight excluding hydrogens is 417 g/mol. The van der Waals surface area contributed by atoms with Crippen LogP contribution in [0.1, 0.15) is 10.5 Å². The maximum absolute atomic E-state index is 12.3. The standard InChI is InChI=1S/C20H11F3N4O4/c21-20(22,23)19(29)31-18(28)16-17(26-27-25-16)30-14-7-5-11(6-8-14)13-4-3-12-2-1-9-24-15(12)10-13/h1-10H,(H,25,26,27). The number of fused-ring (bicyclic) bond motifs is 1. The van der Waals surface area contributed by atoms with Crippen molar-refractivity contribution in [1.82, 2.24) is 20.4 Å². The topological polar surface area (TPSA) is 107 Å². The van der Waals surface area contributed by atoms with E-state index in [2.05, 4.69) is 20.0 Å². The number of hydrogen-bond acceptors (Lipinski definition) is 7. The van der Waals surface area contributed by atoms with Gasteiger partial charge in [-0.05, 0) is 35.4 Å². The van der Waals surface area contributed by atoms with E-state index in [1.807, 2.05) is 35.4 Å². The number of nitrogens with zero attached hydrogens (tertiary/aromatic N) is 3. The maximum atomic E-state index is 12.3. The molecule has 31 heavy (non-hydrogen) atoms. The summed E-state index contributed by atoms with van der Waals surface area (Å²) < 4.78 is 45.9. The number of pyridine rings is 1. The molecule has 2 aromatic heterocycles. The number of rotatable bonds is 4. The van der Waals surface area contributed by atoms with Gasteiger partial charge in [0, 0.05) is 11.6 Å². The van der Waals surface area contributed by atoms with Crippen molar-refractivity contribution in [2.45, 2.75) is 6.18 Å². The van der Waals surface area contributed by atoms with Gasteiger partial charge in [-0.1, -0.05) is 40.6 Å². The van der Waals surface area contributed by atoms with Crippen molar-refractivity contribution < 1.29 is 32.2 Å². The van der Waals surface area contributed by atoms with E-state index in [-0.39, 0.29) is 5.75 Å². The molecule has 0 fully saturated rings. The molecule has 1 N–H and O–H groups in total. The number of ether oxygens (including phenoxy) is 2. The number of H-pyrrole nitrogens is 1. The first-order valence-corrected chi connectivity index (χ1v) is 8.69. The molecule has 4 rings (SSSR count). The summed E-state index contributed by atoms with van der Waals surface area (Å²) in [4.78, 5) is 26.9. The molecule has 0 aliphatic heterocycles. The quantitative estimate of drug-likeness (QED) is 0.386. The third-order valence-corrected chi connectivity index (χ3v) is 4.15. The SMILES string of the molecule is O=C(OC(=O)C(F)(F)F)c1[nH]nnc1Oc1ccc(-c2ccc3cccnc3c2)cc1. The lowest BCUT2D eigenvalue weighted by Crippen LogP contribution is -2.28. The summed E-state index contributed by atoms with van der Waals surface area (Å²) >= 11 is 0. The molecule has 0 amide bonds. The van der Waals surface area contributed by atoms with Gasteiger partial charge in [0.2, 0.25) is 5.69 Å². The maximum Gasteiger partial charge on any atom is 0.491 e. The summed E-state index contributed by atoms with van der Waals surface area (Å²) in [6.45, 7) is 0. The minimum Gasteiger partial charge on any atom is -0.436 e. The molecule has 0 bridgehead atoms. The summed E-state index contributed by atoms with van der Waals surface area (Å²) in [6.07, 6.45) is -3.62. The number of alkyl halides is 3. The Kier molecular flexibility index (Phi) is 5.07. The molecule has 0 unspecified atom stereocenters. The highest BCUT2D eigenvalue weighted by atomic mass is 19.4. The number of benzene rings is 2. The van der Waals surface area contributed by atoms with Crippen molar-refractivity contribution in [2.24, 2.45) is 0 Å². The minimum absolute atomic E-state index is 0.229. The van der Waals surface area contributed by atoms with Crippen molar-refractivity contribution >= 4 is 22.8 Å². The van der Waals surface area contributed by atoms with Crippen LogP contribution in [0.5, 0.6) is 11.6 Å². The smallest absolute Gasteiger partial charge is 0.436 e. The lowest BCUT2D eigenvalue weighted by atomic mass is 10.0. The van der Waals surface area contributed by atoms with E-state index in [1.165, 1.54) is 0 Å². The molecule has 0 spiro atoms. The van der Waals surface area contributed by atoms with Gasteiger partial charge in [-0.25, -0.2) is 14.7 Å². The highest BCUT2D eigenvalue weighted by Gasteiger charge is 2.43. The van der Waals surface area contributed by atoms with E-state index in [1.54, 1.807) is 30.5 Å². The third-order valence-electron chi connectivity index (χ3n) is 4.15. The molecular formula is C20H11F3N4O4. The Morgan fingerprint density at radius 3 is 2.45 bits per heavy atom. The molecule has 0 saturated carbocycles. The fraction of sp³-hybridized carbons (Fsp3) is 0.0500. The number of nitrogens with one attached hydrogen (secondary N) is 1. The molecule has 11 heteroatoms. The van der Waals surface area contributed by atoms with Crippen molar-refractivity contribution in [3.05, 3.63) is 66.5 Å². The number of esters is 2. The molecule has 0 aliphatic rings. The summed E-state index contributed by atoms with van der Waals surface area (Å²) in [5.74, 6) is -4.50. The number of halogens is 3. The van der Waals surface area contributed by atoms with E-state index in [4.69, 9.17) is 4.74 Å². The first-order valence-electron chi connectivity index (χ1n) is 8.69. The van der Waals surface area contributed by atoms with E-state index in [9.17, 15) is 22.8 Å². The second kappa shape index (κ2) is 7.86. The van der Waals surface area contributed by atoms with Crippen LogP contribution in [0.25, 0.3) is 22.0 Å². The Morgan fingerprint density at radius 1 is 0.968 bits per heavy atom. The molecule has 0 atom stereocenters. The van der Waals surface area contributed by atoms with Crippen LogP contribution < -0.4 is 4.74 Å². The van der Waals surface area contributed by atoms with Crippen LogP contribution in [-0.4, -0.2) is 38.5 Å². The zero-order valence-corrected chi connectivity index (χ0v) is 15.4. The highest BCUT2D eigenvalue weighted by Crippen LogP contribution is 2.28. The van der Waals surface area contributed by atoms with Crippen LogP contribution in [0.15, 0.2) is 60.8 Å². The minimum atomic E-state index is -5.32. The molecule has 156 valence electrons. The monoisotopic (exact) mass is 428 g/mol. The molecule has 2 aromatic carbocycles. The number of hydrogen-bond donors (Lipinski definition) is 1. The van der Waals surface area contributed by atoms with Gasteiger partial charge in [-0.3, -0.25) is 4.98 Å². The van der Waals surface area contributed by atoms with Crippen LogP contribution in [0.3, 0.4) is 0 Å². The average Bonchev–Trinajstić information content (AvgIpc) is 3.21. The first kappa shape index (κ1) is 20.0. The molecule has 4 aromatic rings. The predicted octanol–water partition coefficient (Wildman–Crippen LogP) is 4.06. The molecule has 8 nitrogen and oxygen atoms in total. The van der Waals surface area contributed by atoms with Crippen LogP contribution in [-0.2, 0) is 9.53 Å². The normalized spacial score (nSPS) is 11.3. The van der Waals surface area contributed by atoms with Gasteiger partial charge in [0.25, 0.3) is 5.88 Å². The van der Waals surface area contributed by atoms with Gasteiger partial charge in [0.1, 0.15) is 5.75 Å². The molecule has 0 aliphatic carbocycles. The van der Waals surface area contributed by atoms with Crippen LogP contribution in [0.2, 0.25) is 0 Å². The lowest BCUT2D eigenvalue weighted by molar-refractivity contribution is -0.193. The summed E-state index contributed by atoms with van der Waals surface area (Å²) in [7, 11) is 0. The second-order valence-corrected chi connectivity index (χ2v) is 6.20. The lowest BCUT2D eigenvalue weighted by Gasteiger charge is -2.07. The fourth-order valence-corrected chi connectivity index (χ4v) is 2.69. The fourth-order valence-electron chi connectivity index (χ4n) is 2.69. The van der Waals surface area contributed by atoms with Crippen molar-refractivity contribution in [2.75, 3.05) is 0 Å². The second-order valence-electron chi connectivity index (χ2n) is 6.20. The van der Waals surface area contributed by atoms with Crippen molar-refractivity contribution in [3.63, 3.8) is 0 Å². The molecule has 2 heterocycles. The Morgan fingerprint density at radius 2 is 1.71 bits per heavy atom. The zero-order chi connectivity index (χ0) is 22.0. The van der Waals surface area contributed by atoms with E-state index < -0.39 is 29.7 Å². The average molecular weight is 428 g/mol. The third kappa shape index (κ3) is 4.34. The van der Waals surface area contributed by atoms with Gasteiger partial charge in [-0.2, -0.15) is 13.2 Å². The highest BCUT2D eigenvalue weighted by molar-refractivity contribution is 5.98. The van der Waals surface area contributed by atoms with E-state index in [0.29, 0.717) is 0 Å². The Balaban J connectivity index is 1.50. The predicted molar refractivity (Wildman–Crippen MR) is 100 cm³/mol. The Hall–Kier alpha value is -4.28. The summed E-state index contributed by atoms with van der Waals surface area (Å²) in [6, 6.07) is 16.2. The van der Waals surface area contributed by atoms with Gasteiger partial charge in [0.05, 0.1) is 5.52 Å². The molecule has 0 radical (unpaired) electrons. The van der Waals surface area contributed by atoms with Crippen molar-refractivity contribution in [1.29, 1.82) is 0 Å². The van der Waals surface area contributed by atoms with Gasteiger partial charge < -0.3 is 9.47 Å². The number of aromatic amines is 1. The Bertz CT molecular complexity index is 1270. The number of aromatic nitrogens is 4. The van der Waals surface area contributed by atoms with Gasteiger partial charge in [0.15, 0.2) is 0 Å². The van der Waals surface area contributed by atoms with E-state index >= 15 is 0 Å². The van der Waals surface area contributed by atoms with Crippen LogP contribution >= 0.6 is 0 Å². The zero-order valence-electron chi connectivity index (χ0n) is 15.4. The van der Waals surface area contributed by atoms with Crippen LogP contribution in [0, 0.1) is 0 Å². The number of carbonyl (C=O) groups is 2. The van der Waals surface area contributed by atoms with E-state index in [0.717, 1.165) is 22.0 Å².